The fraction of sp³-hybridized carbons (Fsp3) is 0.647. The molecule has 1 aliphatic rings. The lowest BCUT2D eigenvalue weighted by Crippen LogP contribution is -2.44. The smallest absolute Gasteiger partial charge is 0.160 e. The van der Waals surface area contributed by atoms with Crippen LogP contribution in [0.15, 0.2) is 18.2 Å². The molecule has 1 aromatic carbocycles. The van der Waals surface area contributed by atoms with Gasteiger partial charge in [0.25, 0.3) is 0 Å². The molecule has 0 spiro atoms. The summed E-state index contributed by atoms with van der Waals surface area (Å²) in [6.45, 7) is 6.99. The summed E-state index contributed by atoms with van der Waals surface area (Å²) in [6, 6.07) is 6.31. The maximum Gasteiger partial charge on any atom is 0.160 e. The third kappa shape index (κ3) is 3.09. The minimum absolute atomic E-state index is 0.375. The van der Waals surface area contributed by atoms with Crippen LogP contribution in [-0.2, 0) is 6.42 Å². The third-order valence-corrected chi connectivity index (χ3v) is 4.80. The van der Waals surface area contributed by atoms with Gasteiger partial charge in [-0.2, -0.15) is 0 Å². The molecule has 112 valence electrons. The van der Waals surface area contributed by atoms with Crippen LogP contribution in [-0.4, -0.2) is 27.3 Å². The maximum atomic E-state index is 5.41. The van der Waals surface area contributed by atoms with Crippen LogP contribution in [0.5, 0.6) is 11.5 Å². The van der Waals surface area contributed by atoms with Gasteiger partial charge >= 0.3 is 0 Å². The van der Waals surface area contributed by atoms with Gasteiger partial charge in [-0.25, -0.2) is 0 Å². The molecular weight excluding hydrogens is 250 g/mol. The second kappa shape index (κ2) is 6.49. The Balaban J connectivity index is 2.19. The van der Waals surface area contributed by atoms with Crippen molar-refractivity contribution in [2.24, 2.45) is 11.3 Å². The van der Waals surface area contributed by atoms with Crippen LogP contribution < -0.4 is 14.8 Å². The molecule has 0 radical (unpaired) electrons. The van der Waals surface area contributed by atoms with Gasteiger partial charge in [0.2, 0.25) is 0 Å². The molecule has 0 aromatic heterocycles. The molecule has 2 atom stereocenters. The van der Waals surface area contributed by atoms with E-state index in [-0.39, 0.29) is 0 Å². The van der Waals surface area contributed by atoms with Crippen molar-refractivity contribution in [3.05, 3.63) is 23.8 Å². The molecule has 2 rings (SSSR count). The number of hydrogen-bond donors (Lipinski definition) is 1. The molecule has 3 nitrogen and oxygen atoms in total. The van der Waals surface area contributed by atoms with Gasteiger partial charge in [-0.05, 0) is 55.0 Å². The van der Waals surface area contributed by atoms with Crippen molar-refractivity contribution in [1.29, 1.82) is 0 Å². The standard InChI is InChI=1S/C17H27NO2/c1-5-14-12-18-9-8-17(14,2)11-13-6-7-15(19-3)16(10-13)20-4/h6-7,10,14,18H,5,8-9,11-12H2,1-4H3. The van der Waals surface area contributed by atoms with Gasteiger partial charge in [-0.15, -0.1) is 0 Å². The Labute approximate surface area is 122 Å². The second-order valence-corrected chi connectivity index (χ2v) is 6.08. The molecular formula is C17H27NO2. The first kappa shape index (κ1) is 15.2. The molecule has 0 saturated carbocycles. The monoisotopic (exact) mass is 277 g/mol. The van der Waals surface area contributed by atoms with Crippen molar-refractivity contribution in [3.63, 3.8) is 0 Å². The van der Waals surface area contributed by atoms with Crippen LogP contribution in [0.1, 0.15) is 32.3 Å². The third-order valence-electron chi connectivity index (χ3n) is 4.80. The van der Waals surface area contributed by atoms with E-state index in [9.17, 15) is 0 Å². The lowest BCUT2D eigenvalue weighted by atomic mass is 9.67. The predicted octanol–water partition coefficient (Wildman–Crippen LogP) is 3.27. The summed E-state index contributed by atoms with van der Waals surface area (Å²) >= 11 is 0. The van der Waals surface area contributed by atoms with Crippen LogP contribution in [0.3, 0.4) is 0 Å². The van der Waals surface area contributed by atoms with Crippen LogP contribution in [0, 0.1) is 11.3 Å². The lowest BCUT2D eigenvalue weighted by Gasteiger charge is -2.42. The Morgan fingerprint density at radius 3 is 2.65 bits per heavy atom. The maximum absolute atomic E-state index is 5.41. The van der Waals surface area contributed by atoms with Crippen molar-refractivity contribution in [2.45, 2.75) is 33.1 Å². The SMILES string of the molecule is CCC1CNCCC1(C)Cc1ccc(OC)c(OC)c1. The zero-order valence-electron chi connectivity index (χ0n) is 13.2. The predicted molar refractivity (Wildman–Crippen MR) is 82.6 cm³/mol. The first-order chi connectivity index (χ1) is 9.62. The fourth-order valence-electron chi connectivity index (χ4n) is 3.43. The summed E-state index contributed by atoms with van der Waals surface area (Å²) in [5.41, 5.74) is 1.71. The Hall–Kier alpha value is -1.22. The minimum Gasteiger partial charge on any atom is -0.493 e. The molecule has 1 aliphatic heterocycles. The number of piperidine rings is 1. The molecule has 1 aromatic rings. The average molecular weight is 277 g/mol. The molecule has 1 saturated heterocycles. The van der Waals surface area contributed by atoms with Gasteiger partial charge < -0.3 is 14.8 Å². The van der Waals surface area contributed by atoms with Crippen LogP contribution in [0.4, 0.5) is 0 Å². The van der Waals surface area contributed by atoms with E-state index in [0.29, 0.717) is 5.41 Å². The van der Waals surface area contributed by atoms with Gasteiger partial charge in [0.1, 0.15) is 0 Å². The summed E-state index contributed by atoms with van der Waals surface area (Å²) < 4.78 is 10.7. The number of methoxy groups -OCH3 is 2. The molecule has 1 fully saturated rings. The largest absolute Gasteiger partial charge is 0.493 e. The normalized spacial score (nSPS) is 26.3. The number of rotatable bonds is 5. The number of ether oxygens (including phenoxy) is 2. The summed E-state index contributed by atoms with van der Waals surface area (Å²) in [6.07, 6.45) is 3.57. The molecule has 0 aliphatic carbocycles. The highest BCUT2D eigenvalue weighted by molar-refractivity contribution is 5.43. The Morgan fingerprint density at radius 1 is 1.25 bits per heavy atom. The Morgan fingerprint density at radius 2 is 2.00 bits per heavy atom. The zero-order chi connectivity index (χ0) is 14.6. The van der Waals surface area contributed by atoms with Gasteiger partial charge in [-0.1, -0.05) is 26.3 Å². The van der Waals surface area contributed by atoms with E-state index in [1.807, 2.05) is 6.07 Å². The van der Waals surface area contributed by atoms with E-state index in [0.717, 1.165) is 36.9 Å². The van der Waals surface area contributed by atoms with Gasteiger partial charge in [0.05, 0.1) is 14.2 Å². The zero-order valence-corrected chi connectivity index (χ0v) is 13.2. The number of nitrogens with one attached hydrogen (secondary N) is 1. The van der Waals surface area contributed by atoms with E-state index < -0.39 is 0 Å². The first-order valence-electron chi connectivity index (χ1n) is 7.54. The minimum atomic E-state index is 0.375. The highest BCUT2D eigenvalue weighted by atomic mass is 16.5. The Bertz CT molecular complexity index is 447. The molecule has 1 heterocycles. The van der Waals surface area contributed by atoms with Crippen molar-refractivity contribution < 1.29 is 9.47 Å². The molecule has 2 unspecified atom stereocenters. The van der Waals surface area contributed by atoms with Crippen molar-refractivity contribution >= 4 is 0 Å². The summed E-state index contributed by atoms with van der Waals surface area (Å²) in [4.78, 5) is 0. The molecule has 20 heavy (non-hydrogen) atoms. The van der Waals surface area contributed by atoms with Gasteiger partial charge in [-0.3, -0.25) is 0 Å². The van der Waals surface area contributed by atoms with Crippen molar-refractivity contribution in [3.8, 4) is 11.5 Å². The van der Waals surface area contributed by atoms with E-state index in [1.54, 1.807) is 14.2 Å². The van der Waals surface area contributed by atoms with E-state index in [4.69, 9.17) is 9.47 Å². The van der Waals surface area contributed by atoms with Crippen LogP contribution in [0.2, 0.25) is 0 Å². The van der Waals surface area contributed by atoms with Crippen molar-refractivity contribution in [1.82, 2.24) is 5.32 Å². The second-order valence-electron chi connectivity index (χ2n) is 6.08. The summed E-state index contributed by atoms with van der Waals surface area (Å²) in [5, 5.41) is 3.52. The Kier molecular flexibility index (Phi) is 4.92. The first-order valence-corrected chi connectivity index (χ1v) is 7.54. The fourth-order valence-corrected chi connectivity index (χ4v) is 3.43. The topological polar surface area (TPSA) is 30.5 Å². The highest BCUT2D eigenvalue weighted by Gasteiger charge is 2.35. The van der Waals surface area contributed by atoms with Crippen LogP contribution in [0.25, 0.3) is 0 Å². The number of hydrogen-bond acceptors (Lipinski definition) is 3. The lowest BCUT2D eigenvalue weighted by molar-refractivity contribution is 0.125. The molecule has 1 N–H and O–H groups in total. The highest BCUT2D eigenvalue weighted by Crippen LogP contribution is 2.40. The van der Waals surface area contributed by atoms with E-state index >= 15 is 0 Å². The molecule has 0 amide bonds. The average Bonchev–Trinajstić information content (AvgIpc) is 2.47. The molecule has 3 heteroatoms. The summed E-state index contributed by atoms with van der Waals surface area (Å²) in [7, 11) is 3.38. The number of benzene rings is 1. The van der Waals surface area contributed by atoms with E-state index in [2.05, 4.69) is 31.3 Å². The summed E-state index contributed by atoms with van der Waals surface area (Å²) in [5.74, 6) is 2.37. The quantitative estimate of drug-likeness (QED) is 0.896. The molecule has 0 bridgehead atoms. The van der Waals surface area contributed by atoms with Crippen molar-refractivity contribution in [2.75, 3.05) is 27.3 Å². The van der Waals surface area contributed by atoms with E-state index in [1.165, 1.54) is 18.4 Å². The van der Waals surface area contributed by atoms with Gasteiger partial charge in [0.15, 0.2) is 11.5 Å². The van der Waals surface area contributed by atoms with Gasteiger partial charge in [0, 0.05) is 0 Å². The van der Waals surface area contributed by atoms with Crippen LogP contribution >= 0.6 is 0 Å².